The van der Waals surface area contributed by atoms with Gasteiger partial charge in [0.05, 0.1) is 48.1 Å². The molecule has 0 aliphatic carbocycles. The lowest BCUT2D eigenvalue weighted by atomic mass is 9.97. The van der Waals surface area contributed by atoms with Crippen LogP contribution in [0.15, 0.2) is 84.9 Å². The van der Waals surface area contributed by atoms with Crippen LogP contribution in [-0.4, -0.2) is 109 Å². The number of amides is 4. The maximum Gasteiger partial charge on any atom is 0.261 e. The van der Waals surface area contributed by atoms with Crippen LogP contribution < -0.4 is 24.3 Å². The Morgan fingerprint density at radius 1 is 0.895 bits per heavy atom. The van der Waals surface area contributed by atoms with Crippen molar-refractivity contribution in [2.45, 2.75) is 50.4 Å². The minimum Gasteiger partial charge on any atom is -0.493 e. The highest BCUT2D eigenvalue weighted by molar-refractivity contribution is 6.35. The van der Waals surface area contributed by atoms with Crippen molar-refractivity contribution < 1.29 is 43.2 Å². The van der Waals surface area contributed by atoms with Gasteiger partial charge in [-0.25, -0.2) is 0 Å². The molecule has 0 unspecified atom stereocenters. The Kier molecular flexibility index (Phi) is 12.3. The zero-order valence-electron chi connectivity index (χ0n) is 31.8. The SMILES string of the molecule is COc1ccc(C(=O)N[C@@H](Cc2ccccc2)[C@@H](O)CN(C(=O)CCN2C(=O)c3ccccc3C2=O)C2CCN(Cc3ccc4c(c3)OCO4)CC2)c(Cl)c1OC. The summed E-state index contributed by atoms with van der Waals surface area (Å²) >= 11 is 6.62. The zero-order valence-corrected chi connectivity index (χ0v) is 32.6. The molecule has 4 aromatic carbocycles. The Balaban J connectivity index is 1.10. The van der Waals surface area contributed by atoms with Gasteiger partial charge in [-0.3, -0.25) is 29.0 Å². The summed E-state index contributed by atoms with van der Waals surface area (Å²) in [5, 5.41) is 15.1. The highest BCUT2D eigenvalue weighted by atomic mass is 35.5. The van der Waals surface area contributed by atoms with Crippen LogP contribution in [0.2, 0.25) is 5.02 Å². The number of carbonyl (C=O) groups excluding carboxylic acids is 4. The van der Waals surface area contributed by atoms with Gasteiger partial charge < -0.3 is 34.3 Å². The molecule has 3 heterocycles. The highest BCUT2D eigenvalue weighted by Crippen LogP contribution is 2.37. The number of fused-ring (bicyclic) bond motifs is 2. The van der Waals surface area contributed by atoms with E-state index in [1.165, 1.54) is 20.3 Å². The lowest BCUT2D eigenvalue weighted by molar-refractivity contribution is -0.136. The van der Waals surface area contributed by atoms with Gasteiger partial charge >= 0.3 is 0 Å². The van der Waals surface area contributed by atoms with Crippen molar-refractivity contribution in [3.05, 3.63) is 118 Å². The lowest BCUT2D eigenvalue weighted by Crippen LogP contribution is -2.55. The average molecular weight is 797 g/mol. The summed E-state index contributed by atoms with van der Waals surface area (Å²) in [5.74, 6) is 0.270. The van der Waals surface area contributed by atoms with E-state index in [4.69, 9.17) is 30.5 Å². The molecule has 0 bridgehead atoms. The van der Waals surface area contributed by atoms with Crippen molar-refractivity contribution >= 4 is 35.2 Å². The predicted molar refractivity (Wildman–Crippen MR) is 211 cm³/mol. The van der Waals surface area contributed by atoms with Crippen LogP contribution in [0.4, 0.5) is 0 Å². The van der Waals surface area contributed by atoms with Gasteiger partial charge in [0.2, 0.25) is 12.7 Å². The van der Waals surface area contributed by atoms with Crippen LogP contribution in [0.1, 0.15) is 61.5 Å². The van der Waals surface area contributed by atoms with Crippen molar-refractivity contribution in [2.75, 3.05) is 47.2 Å². The van der Waals surface area contributed by atoms with Crippen LogP contribution in [0.25, 0.3) is 0 Å². The first-order valence-electron chi connectivity index (χ1n) is 18.9. The van der Waals surface area contributed by atoms with E-state index >= 15 is 0 Å². The number of piperidine rings is 1. The minimum absolute atomic E-state index is 0.0553. The summed E-state index contributed by atoms with van der Waals surface area (Å²) in [7, 11) is 2.89. The van der Waals surface area contributed by atoms with Crippen LogP contribution in [-0.2, 0) is 17.8 Å². The molecule has 4 aromatic rings. The molecule has 0 saturated carbocycles. The molecule has 7 rings (SSSR count). The molecular weight excluding hydrogens is 752 g/mol. The summed E-state index contributed by atoms with van der Waals surface area (Å²) in [5.41, 5.74) is 2.69. The van der Waals surface area contributed by atoms with E-state index < -0.39 is 29.9 Å². The molecule has 3 aliphatic heterocycles. The van der Waals surface area contributed by atoms with Crippen LogP contribution in [0.3, 0.4) is 0 Å². The van der Waals surface area contributed by atoms with E-state index in [-0.39, 0.29) is 61.0 Å². The number of hydrogen-bond acceptors (Lipinski definition) is 10. The number of nitrogens with zero attached hydrogens (tertiary/aromatic N) is 3. The molecule has 0 radical (unpaired) electrons. The molecule has 57 heavy (non-hydrogen) atoms. The topological polar surface area (TPSA) is 147 Å². The molecule has 2 N–H and O–H groups in total. The zero-order chi connectivity index (χ0) is 40.1. The number of nitrogens with one attached hydrogen (secondary N) is 1. The molecule has 13 nitrogen and oxygen atoms in total. The summed E-state index contributed by atoms with van der Waals surface area (Å²) < 4.78 is 21.8. The molecule has 0 spiro atoms. The molecule has 3 aliphatic rings. The molecule has 2 atom stereocenters. The lowest BCUT2D eigenvalue weighted by Gasteiger charge is -2.40. The molecule has 298 valence electrons. The van der Waals surface area contributed by atoms with E-state index in [0.717, 1.165) is 27.5 Å². The minimum atomic E-state index is -1.22. The van der Waals surface area contributed by atoms with Crippen molar-refractivity contribution in [2.24, 2.45) is 0 Å². The van der Waals surface area contributed by atoms with Gasteiger partial charge in [0.25, 0.3) is 17.7 Å². The number of aliphatic hydroxyl groups is 1. The van der Waals surface area contributed by atoms with Crippen LogP contribution in [0.5, 0.6) is 23.0 Å². The molecule has 14 heteroatoms. The van der Waals surface area contributed by atoms with Crippen molar-refractivity contribution in [3.63, 3.8) is 0 Å². The van der Waals surface area contributed by atoms with Gasteiger partial charge in [-0.15, -0.1) is 0 Å². The molecule has 1 saturated heterocycles. The number of aliphatic hydroxyl groups excluding tert-OH is 1. The summed E-state index contributed by atoms with van der Waals surface area (Å²) in [6.07, 6.45) is 0.138. The monoisotopic (exact) mass is 796 g/mol. The van der Waals surface area contributed by atoms with Crippen molar-refractivity contribution in [1.29, 1.82) is 0 Å². The van der Waals surface area contributed by atoms with Gasteiger partial charge in [0.15, 0.2) is 23.0 Å². The number of ether oxygens (including phenoxy) is 4. The van der Waals surface area contributed by atoms with Gasteiger partial charge in [0, 0.05) is 45.2 Å². The number of halogens is 1. The smallest absolute Gasteiger partial charge is 0.261 e. The van der Waals surface area contributed by atoms with E-state index in [1.54, 1.807) is 35.2 Å². The number of imide groups is 1. The Morgan fingerprint density at radius 3 is 2.26 bits per heavy atom. The second-order valence-electron chi connectivity index (χ2n) is 14.3. The summed E-state index contributed by atoms with van der Waals surface area (Å²) in [4.78, 5) is 59.5. The number of likely N-dealkylation sites (tertiary alicyclic amines) is 1. The third kappa shape index (κ3) is 8.70. The number of hydrogen-bond donors (Lipinski definition) is 2. The molecule has 0 aromatic heterocycles. The number of benzene rings is 4. The highest BCUT2D eigenvalue weighted by Gasteiger charge is 2.37. The van der Waals surface area contributed by atoms with E-state index in [1.807, 2.05) is 48.5 Å². The normalized spacial score (nSPS) is 16.2. The van der Waals surface area contributed by atoms with Crippen LogP contribution >= 0.6 is 11.6 Å². The fourth-order valence-electron chi connectivity index (χ4n) is 7.73. The Bertz CT molecular complexity index is 2090. The number of rotatable bonds is 15. The summed E-state index contributed by atoms with van der Waals surface area (Å²) in [6, 6.07) is 23.9. The largest absolute Gasteiger partial charge is 0.493 e. The second kappa shape index (κ2) is 17.7. The van der Waals surface area contributed by atoms with Gasteiger partial charge in [-0.05, 0) is 66.8 Å². The van der Waals surface area contributed by atoms with Crippen LogP contribution in [0, 0.1) is 0 Å². The Morgan fingerprint density at radius 2 is 1.58 bits per heavy atom. The first-order chi connectivity index (χ1) is 27.6. The standard InChI is InChI=1S/C43H45ClN4O9/c1-54-36-15-13-32(39(44)40(36)55-2)41(51)45-33(22-27-8-4-3-5-9-27)34(49)25-48(38(50)18-21-47-42(52)30-10-6-7-11-31(30)43(47)53)29-16-19-46(20-17-29)24-28-12-14-35-37(23-28)57-26-56-35/h3-15,23,29,33-34,49H,16-22,24-26H2,1-2H3,(H,45,51)/t33-,34-/m0/s1. The first-order valence-corrected chi connectivity index (χ1v) is 19.3. The maximum absolute atomic E-state index is 14.3. The summed E-state index contributed by atoms with van der Waals surface area (Å²) in [6.45, 7) is 2.03. The first kappa shape index (κ1) is 39.6. The Labute approximate surface area is 336 Å². The van der Waals surface area contributed by atoms with Gasteiger partial charge in [-0.1, -0.05) is 60.1 Å². The van der Waals surface area contributed by atoms with Crippen molar-refractivity contribution in [3.8, 4) is 23.0 Å². The average Bonchev–Trinajstić information content (AvgIpc) is 3.80. The third-order valence-electron chi connectivity index (χ3n) is 10.8. The van der Waals surface area contributed by atoms with E-state index in [2.05, 4.69) is 10.2 Å². The third-order valence-corrected chi connectivity index (χ3v) is 11.2. The molecule has 4 amide bonds. The second-order valence-corrected chi connectivity index (χ2v) is 14.7. The molecular formula is C43H45ClN4O9. The van der Waals surface area contributed by atoms with Gasteiger partial charge in [-0.2, -0.15) is 0 Å². The molecule has 1 fully saturated rings. The Hall–Kier alpha value is -5.63. The predicted octanol–water partition coefficient (Wildman–Crippen LogP) is 4.97. The maximum atomic E-state index is 14.3. The van der Waals surface area contributed by atoms with Crippen molar-refractivity contribution in [1.82, 2.24) is 20.0 Å². The van der Waals surface area contributed by atoms with Gasteiger partial charge in [0.1, 0.15) is 0 Å². The number of methoxy groups -OCH3 is 2. The fourth-order valence-corrected chi connectivity index (χ4v) is 8.04. The quantitative estimate of drug-likeness (QED) is 0.158. The van der Waals surface area contributed by atoms with E-state index in [9.17, 15) is 24.3 Å². The fraction of sp³-hybridized carbons (Fsp3) is 0.349. The number of carbonyl (C=O) groups is 4. The van der Waals surface area contributed by atoms with E-state index in [0.29, 0.717) is 49.4 Å².